The minimum atomic E-state index is -0.424. The van der Waals surface area contributed by atoms with E-state index in [0.717, 1.165) is 39.4 Å². The van der Waals surface area contributed by atoms with Crippen molar-refractivity contribution >= 4 is 17.4 Å². The van der Waals surface area contributed by atoms with Crippen LogP contribution in [0.4, 0.5) is 4.79 Å². The second-order valence-corrected chi connectivity index (χ2v) is 10.4. The van der Waals surface area contributed by atoms with Crippen LogP contribution in [-0.2, 0) is 6.42 Å². The molecular weight excluding hydrogens is 460 g/mol. The molecule has 1 aliphatic heterocycles. The predicted octanol–water partition coefficient (Wildman–Crippen LogP) is 4.90. The lowest BCUT2D eigenvalue weighted by Crippen LogP contribution is -2.40. The van der Waals surface area contributed by atoms with Gasteiger partial charge in [0.05, 0.1) is 28.7 Å². The highest BCUT2D eigenvalue weighted by Crippen LogP contribution is 2.41. The Kier molecular flexibility index (Phi) is 6.46. The van der Waals surface area contributed by atoms with Crippen molar-refractivity contribution in [1.29, 1.82) is 5.26 Å². The van der Waals surface area contributed by atoms with Crippen molar-refractivity contribution in [3.05, 3.63) is 59.3 Å². The number of benzene rings is 2. The van der Waals surface area contributed by atoms with Gasteiger partial charge in [-0.3, -0.25) is 0 Å². The maximum Gasteiger partial charge on any atom is 0.317 e. The number of nitrogens with one attached hydrogen (secondary N) is 1. The number of rotatable bonds is 5. The molecule has 1 aromatic heterocycles. The number of carbonyl (C=O) groups excluding carboxylic acids is 1. The third-order valence-corrected chi connectivity index (χ3v) is 7.58. The first-order valence-electron chi connectivity index (χ1n) is 12.0. The van der Waals surface area contributed by atoms with Crippen LogP contribution in [0.15, 0.2) is 42.6 Å². The first-order chi connectivity index (χ1) is 16.9. The lowest BCUT2D eigenvalue weighted by atomic mass is 10.0. The van der Waals surface area contributed by atoms with E-state index in [2.05, 4.69) is 28.5 Å². The van der Waals surface area contributed by atoms with Gasteiger partial charge < -0.3 is 20.1 Å². The summed E-state index contributed by atoms with van der Waals surface area (Å²) in [7, 11) is 0. The van der Waals surface area contributed by atoms with Crippen LogP contribution in [0, 0.1) is 11.3 Å². The van der Waals surface area contributed by atoms with Crippen LogP contribution in [-0.4, -0.2) is 46.3 Å². The van der Waals surface area contributed by atoms with Gasteiger partial charge in [0.2, 0.25) is 0 Å². The van der Waals surface area contributed by atoms with Gasteiger partial charge in [0.1, 0.15) is 16.8 Å². The zero-order valence-electron chi connectivity index (χ0n) is 19.8. The van der Waals surface area contributed by atoms with E-state index < -0.39 is 6.10 Å². The van der Waals surface area contributed by atoms with Crippen molar-refractivity contribution < 1.29 is 14.6 Å². The Balaban J connectivity index is 1.37. The van der Waals surface area contributed by atoms with Crippen LogP contribution in [0.5, 0.6) is 5.75 Å². The number of urea groups is 1. The van der Waals surface area contributed by atoms with Crippen LogP contribution < -0.4 is 10.1 Å². The number of β-amino-alcohol motifs (C(OH)–C–C–N with tert-alkyl or cyclic N) is 1. The van der Waals surface area contributed by atoms with E-state index in [1.54, 1.807) is 16.2 Å². The van der Waals surface area contributed by atoms with E-state index in [4.69, 9.17) is 4.74 Å². The normalized spacial score (nSPS) is 19.0. The monoisotopic (exact) mass is 488 g/mol. The van der Waals surface area contributed by atoms with E-state index >= 15 is 0 Å². The van der Waals surface area contributed by atoms with Gasteiger partial charge in [-0.1, -0.05) is 18.2 Å². The van der Waals surface area contributed by atoms with E-state index in [-0.39, 0.29) is 18.2 Å². The smallest absolute Gasteiger partial charge is 0.317 e. The Morgan fingerprint density at radius 3 is 2.91 bits per heavy atom. The highest BCUT2D eigenvalue weighted by atomic mass is 32.1. The first-order valence-corrected chi connectivity index (χ1v) is 12.8. The van der Waals surface area contributed by atoms with Gasteiger partial charge in [0, 0.05) is 24.8 Å². The molecule has 1 fully saturated rings. The van der Waals surface area contributed by atoms with Gasteiger partial charge >= 0.3 is 6.03 Å². The van der Waals surface area contributed by atoms with Gasteiger partial charge in [-0.25, -0.2) is 9.78 Å². The van der Waals surface area contributed by atoms with Crippen LogP contribution in [0.25, 0.3) is 21.0 Å². The molecule has 7 nitrogen and oxygen atoms in total. The van der Waals surface area contributed by atoms with Crippen molar-refractivity contribution in [1.82, 2.24) is 15.2 Å². The van der Waals surface area contributed by atoms with Gasteiger partial charge in [-0.15, -0.1) is 11.3 Å². The third-order valence-electron chi connectivity index (χ3n) is 6.50. The number of nitrogens with zero attached hydrogens (tertiary/aromatic N) is 3. The predicted molar refractivity (Wildman–Crippen MR) is 135 cm³/mol. The van der Waals surface area contributed by atoms with E-state index in [1.165, 1.54) is 5.56 Å². The van der Waals surface area contributed by atoms with Gasteiger partial charge in [-0.05, 0) is 68.0 Å². The molecule has 8 heteroatoms. The number of fused-ring (bicyclic) bond motifs is 1. The largest absolute Gasteiger partial charge is 0.490 e. The van der Waals surface area contributed by atoms with Crippen LogP contribution in [0.3, 0.4) is 0 Å². The molecule has 0 unspecified atom stereocenters. The van der Waals surface area contributed by atoms with Crippen molar-refractivity contribution in [2.75, 3.05) is 13.1 Å². The van der Waals surface area contributed by atoms with Crippen molar-refractivity contribution in [2.24, 2.45) is 0 Å². The Morgan fingerprint density at radius 2 is 2.17 bits per heavy atom. The summed E-state index contributed by atoms with van der Waals surface area (Å²) in [5.74, 6) is 0.584. The zero-order valence-corrected chi connectivity index (χ0v) is 20.6. The number of thiazole rings is 1. The molecule has 0 radical (unpaired) electrons. The zero-order chi connectivity index (χ0) is 24.5. The Hall–Kier alpha value is -3.41. The Morgan fingerprint density at radius 1 is 1.31 bits per heavy atom. The number of carbonyl (C=O) groups is 1. The molecule has 0 bridgehead atoms. The molecule has 2 N–H and O–H groups in total. The molecule has 0 saturated carbocycles. The van der Waals surface area contributed by atoms with Gasteiger partial charge in [-0.2, -0.15) is 5.26 Å². The van der Waals surface area contributed by atoms with Crippen molar-refractivity contribution in [2.45, 2.75) is 51.4 Å². The molecule has 2 atom stereocenters. The number of hydrogen-bond donors (Lipinski definition) is 2. The topological polar surface area (TPSA) is 98.5 Å². The average Bonchev–Trinajstić information content (AvgIpc) is 3.59. The van der Waals surface area contributed by atoms with Gasteiger partial charge in [0.15, 0.2) is 0 Å². The molecule has 5 rings (SSSR count). The van der Waals surface area contributed by atoms with E-state index in [1.807, 2.05) is 44.3 Å². The summed E-state index contributed by atoms with van der Waals surface area (Å²) in [6.45, 7) is 4.86. The highest BCUT2D eigenvalue weighted by Gasteiger charge is 2.30. The summed E-state index contributed by atoms with van der Waals surface area (Å²) in [5, 5.41) is 23.3. The fraction of sp³-hybridized carbons (Fsp3) is 0.370. The molecule has 1 saturated heterocycles. The second-order valence-electron chi connectivity index (χ2n) is 9.32. The Labute approximate surface area is 209 Å². The number of ether oxygens (including phenoxy) is 1. The maximum absolute atomic E-state index is 12.7. The molecule has 35 heavy (non-hydrogen) atoms. The van der Waals surface area contributed by atoms with E-state index in [9.17, 15) is 15.2 Å². The van der Waals surface area contributed by atoms with Crippen molar-refractivity contribution in [3.63, 3.8) is 0 Å². The lowest BCUT2D eigenvalue weighted by molar-refractivity contribution is 0.170. The van der Waals surface area contributed by atoms with Crippen LogP contribution >= 0.6 is 11.3 Å². The number of likely N-dealkylation sites (tertiary alicyclic amines) is 1. The molecule has 3 aromatic rings. The molecule has 2 heterocycles. The summed E-state index contributed by atoms with van der Waals surface area (Å²) in [4.78, 5) is 20.1. The van der Waals surface area contributed by atoms with E-state index in [0.29, 0.717) is 30.8 Å². The molecular formula is C27H28N4O3S. The Bertz CT molecular complexity index is 1300. The number of amides is 2. The molecule has 2 amide bonds. The fourth-order valence-corrected chi connectivity index (χ4v) is 5.81. The highest BCUT2D eigenvalue weighted by molar-refractivity contribution is 7.18. The number of aliphatic hydroxyl groups excluding tert-OH is 1. The number of nitriles is 1. The van der Waals surface area contributed by atoms with Crippen LogP contribution in [0.2, 0.25) is 0 Å². The number of aromatic nitrogens is 1. The summed E-state index contributed by atoms with van der Waals surface area (Å²) < 4.78 is 5.74. The molecule has 2 aromatic carbocycles. The first kappa shape index (κ1) is 23.3. The molecule has 180 valence electrons. The van der Waals surface area contributed by atoms with Gasteiger partial charge in [0.25, 0.3) is 0 Å². The summed E-state index contributed by atoms with van der Waals surface area (Å²) in [5.41, 5.74) is 4.91. The molecule has 1 aliphatic carbocycles. The minimum Gasteiger partial charge on any atom is -0.490 e. The summed E-state index contributed by atoms with van der Waals surface area (Å²) in [6.07, 6.45) is 3.82. The second kappa shape index (κ2) is 9.68. The molecule has 0 spiro atoms. The lowest BCUT2D eigenvalue weighted by Gasteiger charge is -2.21. The fourth-order valence-electron chi connectivity index (χ4n) is 4.84. The summed E-state index contributed by atoms with van der Waals surface area (Å²) >= 11 is 1.60. The minimum absolute atomic E-state index is 0.00449. The maximum atomic E-state index is 12.7. The number of aliphatic hydroxyl groups is 1. The summed E-state index contributed by atoms with van der Waals surface area (Å²) in [6, 6.07) is 13.9. The standard InChI is InChI=1S/C27H28N4O3S/c1-16(2)34-24-9-6-17(12-18(24)13-28)26-29-14-25(35-26)22-5-3-4-21-20(22)7-8-23(21)30-27(33)31-11-10-19(32)15-31/h3-6,9,12,14,16,19,23,32H,7-8,10-11,15H2,1-2H3,(H,30,33)/t19-,23-/m0/s1. The van der Waals surface area contributed by atoms with Crippen LogP contribution in [0.1, 0.15) is 49.4 Å². The SMILES string of the molecule is CC(C)Oc1ccc(-c2ncc(-c3cccc4c3CC[C@@H]4NC(=O)N3CC[C@H](O)C3)s2)cc1C#N. The number of hydrogen-bond acceptors (Lipinski definition) is 6. The molecule has 2 aliphatic rings. The third kappa shape index (κ3) is 4.75. The average molecular weight is 489 g/mol. The van der Waals surface area contributed by atoms with Crippen molar-refractivity contribution in [3.8, 4) is 32.8 Å². The quantitative estimate of drug-likeness (QED) is 0.532.